The summed E-state index contributed by atoms with van der Waals surface area (Å²) < 4.78 is 5.55. The fourth-order valence-corrected chi connectivity index (χ4v) is 2.94. The van der Waals surface area contributed by atoms with E-state index in [9.17, 15) is 0 Å². The first-order valence-corrected chi connectivity index (χ1v) is 7.89. The second-order valence-electron chi connectivity index (χ2n) is 6.12. The largest absolute Gasteiger partial charge is 0.381 e. The summed E-state index contributed by atoms with van der Waals surface area (Å²) >= 11 is 0. The molecular formula is C16H25N3O. The molecule has 0 bridgehead atoms. The second-order valence-corrected chi connectivity index (χ2v) is 6.12. The van der Waals surface area contributed by atoms with Crippen LogP contribution in [0.25, 0.3) is 0 Å². The monoisotopic (exact) mass is 275 g/mol. The molecule has 1 unspecified atom stereocenters. The number of ether oxygens (including phenoxy) is 1. The Bertz CT molecular complexity index is 442. The molecule has 1 N–H and O–H groups in total. The molecule has 1 saturated heterocycles. The van der Waals surface area contributed by atoms with E-state index < -0.39 is 0 Å². The van der Waals surface area contributed by atoms with Gasteiger partial charge in [0.25, 0.3) is 0 Å². The maximum atomic E-state index is 5.55. The molecule has 2 heterocycles. The first-order valence-electron chi connectivity index (χ1n) is 7.89. The van der Waals surface area contributed by atoms with Crippen molar-refractivity contribution in [1.82, 2.24) is 15.3 Å². The molecule has 1 saturated carbocycles. The number of aromatic nitrogens is 2. The van der Waals surface area contributed by atoms with Crippen LogP contribution in [0.5, 0.6) is 0 Å². The van der Waals surface area contributed by atoms with Gasteiger partial charge in [-0.25, -0.2) is 9.97 Å². The lowest BCUT2D eigenvalue weighted by Crippen LogP contribution is -2.22. The van der Waals surface area contributed by atoms with Crippen molar-refractivity contribution in [3.63, 3.8) is 0 Å². The Kier molecular flexibility index (Phi) is 4.32. The number of hydrogen-bond acceptors (Lipinski definition) is 4. The molecule has 1 aromatic rings. The van der Waals surface area contributed by atoms with Crippen molar-refractivity contribution in [2.45, 2.75) is 57.9 Å². The van der Waals surface area contributed by atoms with Gasteiger partial charge in [0.1, 0.15) is 5.82 Å². The second kappa shape index (κ2) is 6.19. The first kappa shape index (κ1) is 14.0. The van der Waals surface area contributed by atoms with Crippen molar-refractivity contribution >= 4 is 0 Å². The van der Waals surface area contributed by atoms with E-state index in [1.54, 1.807) is 0 Å². The zero-order valence-electron chi connectivity index (χ0n) is 12.6. The van der Waals surface area contributed by atoms with Gasteiger partial charge in [0.05, 0.1) is 6.61 Å². The van der Waals surface area contributed by atoms with Crippen LogP contribution in [0.4, 0.5) is 0 Å². The standard InChI is InChI=1S/C16H25N3O/c1-11-15(7-8-17-14-5-6-14)12(2)19-16(18-11)13-4-3-9-20-10-13/h13-14,17H,3-10H2,1-2H3. The molecule has 0 spiro atoms. The number of hydrogen-bond donors (Lipinski definition) is 1. The number of aryl methyl sites for hydroxylation is 2. The molecule has 1 aliphatic carbocycles. The van der Waals surface area contributed by atoms with Crippen LogP contribution in [0, 0.1) is 13.8 Å². The van der Waals surface area contributed by atoms with Crippen molar-refractivity contribution < 1.29 is 4.74 Å². The third-order valence-corrected chi connectivity index (χ3v) is 4.35. The van der Waals surface area contributed by atoms with Crippen LogP contribution < -0.4 is 5.32 Å². The van der Waals surface area contributed by atoms with Gasteiger partial charge in [-0.15, -0.1) is 0 Å². The zero-order chi connectivity index (χ0) is 13.9. The summed E-state index contributed by atoms with van der Waals surface area (Å²) in [6.45, 7) is 6.95. The fourth-order valence-electron chi connectivity index (χ4n) is 2.94. The number of nitrogens with zero attached hydrogens (tertiary/aromatic N) is 2. The third kappa shape index (κ3) is 3.36. The third-order valence-electron chi connectivity index (χ3n) is 4.35. The Morgan fingerprint density at radius 3 is 2.50 bits per heavy atom. The fraction of sp³-hybridized carbons (Fsp3) is 0.750. The lowest BCUT2D eigenvalue weighted by Gasteiger charge is -2.22. The maximum absolute atomic E-state index is 5.55. The van der Waals surface area contributed by atoms with Crippen molar-refractivity contribution in [2.75, 3.05) is 19.8 Å². The summed E-state index contributed by atoms with van der Waals surface area (Å²) in [6, 6.07) is 0.773. The molecular weight excluding hydrogens is 250 g/mol. The summed E-state index contributed by atoms with van der Waals surface area (Å²) in [4.78, 5) is 9.50. The SMILES string of the molecule is Cc1nc(C2CCCOC2)nc(C)c1CCNC1CC1. The molecule has 4 heteroatoms. The van der Waals surface area contributed by atoms with Crippen molar-refractivity contribution in [2.24, 2.45) is 0 Å². The quantitative estimate of drug-likeness (QED) is 0.895. The summed E-state index contributed by atoms with van der Waals surface area (Å²) in [5.74, 6) is 1.37. The van der Waals surface area contributed by atoms with E-state index in [-0.39, 0.29) is 0 Å². The summed E-state index contributed by atoms with van der Waals surface area (Å²) in [5.41, 5.74) is 3.62. The van der Waals surface area contributed by atoms with Gasteiger partial charge >= 0.3 is 0 Å². The normalized spacial score (nSPS) is 23.0. The molecule has 4 nitrogen and oxygen atoms in total. The lowest BCUT2D eigenvalue weighted by molar-refractivity contribution is 0.0779. The van der Waals surface area contributed by atoms with Gasteiger partial charge in [-0.05, 0) is 58.1 Å². The van der Waals surface area contributed by atoms with Crippen molar-refractivity contribution in [1.29, 1.82) is 0 Å². The van der Waals surface area contributed by atoms with E-state index in [0.717, 1.165) is 62.3 Å². The van der Waals surface area contributed by atoms with Crippen LogP contribution in [0.1, 0.15) is 54.4 Å². The highest BCUT2D eigenvalue weighted by Gasteiger charge is 2.22. The van der Waals surface area contributed by atoms with E-state index in [1.165, 1.54) is 18.4 Å². The van der Waals surface area contributed by atoms with E-state index in [0.29, 0.717) is 5.92 Å². The molecule has 3 rings (SSSR count). The minimum Gasteiger partial charge on any atom is -0.381 e. The molecule has 110 valence electrons. The molecule has 1 aliphatic heterocycles. The molecule has 2 aliphatic rings. The van der Waals surface area contributed by atoms with Crippen molar-refractivity contribution in [3.8, 4) is 0 Å². The van der Waals surface area contributed by atoms with Crippen molar-refractivity contribution in [3.05, 3.63) is 22.8 Å². The van der Waals surface area contributed by atoms with Gasteiger partial charge in [0.2, 0.25) is 0 Å². The Hall–Kier alpha value is -1.00. The Morgan fingerprint density at radius 1 is 1.15 bits per heavy atom. The van der Waals surface area contributed by atoms with Gasteiger partial charge in [-0.1, -0.05) is 0 Å². The average Bonchev–Trinajstić information content (AvgIpc) is 3.27. The molecule has 1 aromatic heterocycles. The average molecular weight is 275 g/mol. The zero-order valence-corrected chi connectivity index (χ0v) is 12.6. The van der Waals surface area contributed by atoms with Crippen LogP contribution in [-0.2, 0) is 11.2 Å². The highest BCUT2D eigenvalue weighted by Crippen LogP contribution is 2.24. The minimum atomic E-state index is 0.389. The molecule has 0 amide bonds. The molecule has 20 heavy (non-hydrogen) atoms. The maximum Gasteiger partial charge on any atom is 0.134 e. The van der Waals surface area contributed by atoms with Crippen LogP contribution in [0.15, 0.2) is 0 Å². The first-order chi connectivity index (χ1) is 9.74. The minimum absolute atomic E-state index is 0.389. The van der Waals surface area contributed by atoms with Crippen LogP contribution >= 0.6 is 0 Å². The summed E-state index contributed by atoms with van der Waals surface area (Å²) in [5, 5.41) is 3.56. The molecule has 0 radical (unpaired) electrons. The highest BCUT2D eigenvalue weighted by molar-refractivity contribution is 5.25. The van der Waals surface area contributed by atoms with E-state index in [1.807, 2.05) is 0 Å². The predicted octanol–water partition coefficient (Wildman–Crippen LogP) is 2.28. The summed E-state index contributed by atoms with van der Waals surface area (Å²) in [7, 11) is 0. The topological polar surface area (TPSA) is 47.0 Å². The Morgan fingerprint density at radius 2 is 1.90 bits per heavy atom. The highest BCUT2D eigenvalue weighted by atomic mass is 16.5. The van der Waals surface area contributed by atoms with E-state index >= 15 is 0 Å². The van der Waals surface area contributed by atoms with E-state index in [4.69, 9.17) is 14.7 Å². The van der Waals surface area contributed by atoms with Gasteiger partial charge in [0.15, 0.2) is 0 Å². The van der Waals surface area contributed by atoms with Crippen LogP contribution in [0.2, 0.25) is 0 Å². The smallest absolute Gasteiger partial charge is 0.134 e. The van der Waals surface area contributed by atoms with Crippen LogP contribution in [-0.4, -0.2) is 35.8 Å². The lowest BCUT2D eigenvalue weighted by atomic mass is 10.00. The number of rotatable bonds is 5. The van der Waals surface area contributed by atoms with Gasteiger partial charge < -0.3 is 10.1 Å². The van der Waals surface area contributed by atoms with Gasteiger partial charge in [-0.2, -0.15) is 0 Å². The van der Waals surface area contributed by atoms with E-state index in [2.05, 4.69) is 19.2 Å². The van der Waals surface area contributed by atoms with Gasteiger partial charge in [-0.3, -0.25) is 0 Å². The Labute approximate surface area is 121 Å². The predicted molar refractivity (Wildman–Crippen MR) is 79.0 cm³/mol. The van der Waals surface area contributed by atoms with Crippen LogP contribution in [0.3, 0.4) is 0 Å². The molecule has 1 atom stereocenters. The summed E-state index contributed by atoms with van der Waals surface area (Å²) in [6.07, 6.45) is 6.00. The molecule has 0 aromatic carbocycles. The Balaban J connectivity index is 1.67. The number of nitrogens with one attached hydrogen (secondary N) is 1. The molecule has 2 fully saturated rings. The van der Waals surface area contributed by atoms with Gasteiger partial charge in [0, 0.05) is 30.0 Å².